The highest BCUT2D eigenvalue weighted by Crippen LogP contribution is 2.24. The molecular formula is C14H28N2O2S. The highest BCUT2D eigenvalue weighted by atomic mass is 32.2. The molecule has 2 aliphatic carbocycles. The Balaban J connectivity index is 1.86. The molecule has 0 aromatic heterocycles. The first-order valence-corrected chi connectivity index (χ1v) is 9.28. The third-order valence-electron chi connectivity index (χ3n) is 4.48. The summed E-state index contributed by atoms with van der Waals surface area (Å²) in [5.74, 6) is 0.459. The van der Waals surface area contributed by atoms with Gasteiger partial charge in [-0.3, -0.25) is 0 Å². The molecule has 0 heterocycles. The van der Waals surface area contributed by atoms with Crippen LogP contribution in [0.3, 0.4) is 0 Å². The molecule has 2 aliphatic rings. The molecule has 0 bridgehead atoms. The van der Waals surface area contributed by atoms with E-state index in [0.717, 1.165) is 19.3 Å². The minimum Gasteiger partial charge on any atom is -0.313 e. The molecule has 0 spiro atoms. The van der Waals surface area contributed by atoms with Gasteiger partial charge in [-0.25, -0.2) is 13.1 Å². The topological polar surface area (TPSA) is 58.2 Å². The zero-order valence-corrected chi connectivity index (χ0v) is 13.0. The molecule has 19 heavy (non-hydrogen) atoms. The van der Waals surface area contributed by atoms with Crippen LogP contribution in [0.5, 0.6) is 0 Å². The van der Waals surface area contributed by atoms with Crippen molar-refractivity contribution in [3.63, 3.8) is 0 Å². The lowest BCUT2D eigenvalue weighted by Gasteiger charge is -2.25. The summed E-state index contributed by atoms with van der Waals surface area (Å²) in [5.41, 5.74) is 0. The Morgan fingerprint density at radius 3 is 2.47 bits per heavy atom. The zero-order chi connectivity index (χ0) is 13.9. The van der Waals surface area contributed by atoms with Crippen molar-refractivity contribution in [2.24, 2.45) is 5.92 Å². The van der Waals surface area contributed by atoms with Crippen LogP contribution in [0.2, 0.25) is 0 Å². The molecule has 2 N–H and O–H groups in total. The standard InChI is InChI=1S/C14H28N2O2S/c1-11-6-4-3-5-7-14(11)16-19(17,18)12(2)10-15-13-8-9-13/h11-16H,3-10H2,1-2H3. The van der Waals surface area contributed by atoms with E-state index < -0.39 is 10.0 Å². The number of rotatable bonds is 6. The molecule has 2 fully saturated rings. The van der Waals surface area contributed by atoms with Gasteiger partial charge in [0, 0.05) is 18.6 Å². The van der Waals surface area contributed by atoms with Crippen molar-refractivity contribution in [1.82, 2.24) is 10.0 Å². The maximum atomic E-state index is 12.3. The molecule has 0 aromatic carbocycles. The third-order valence-corrected chi connectivity index (χ3v) is 6.34. The summed E-state index contributed by atoms with van der Waals surface area (Å²) in [4.78, 5) is 0. The molecule has 4 nitrogen and oxygen atoms in total. The van der Waals surface area contributed by atoms with Crippen molar-refractivity contribution in [2.45, 2.75) is 76.1 Å². The summed E-state index contributed by atoms with van der Waals surface area (Å²) < 4.78 is 27.6. The fraction of sp³-hybridized carbons (Fsp3) is 1.00. The normalized spacial score (nSPS) is 30.8. The summed E-state index contributed by atoms with van der Waals surface area (Å²) in [6, 6.07) is 0.699. The van der Waals surface area contributed by atoms with E-state index in [1.807, 2.05) is 0 Å². The average molecular weight is 288 g/mol. The molecule has 2 rings (SSSR count). The molecule has 2 saturated carbocycles. The van der Waals surface area contributed by atoms with Gasteiger partial charge in [0.1, 0.15) is 0 Å². The van der Waals surface area contributed by atoms with E-state index in [0.29, 0.717) is 18.5 Å². The number of nitrogens with one attached hydrogen (secondary N) is 2. The van der Waals surface area contributed by atoms with E-state index in [2.05, 4.69) is 17.0 Å². The van der Waals surface area contributed by atoms with Crippen LogP contribution >= 0.6 is 0 Å². The first-order valence-electron chi connectivity index (χ1n) is 7.73. The SMILES string of the molecule is CC1CCCCCC1NS(=O)(=O)C(C)CNC1CC1. The second kappa shape index (κ2) is 6.55. The molecule has 5 heteroatoms. The Labute approximate surface area is 117 Å². The van der Waals surface area contributed by atoms with Gasteiger partial charge in [-0.05, 0) is 38.5 Å². The van der Waals surface area contributed by atoms with Crippen LogP contribution in [-0.2, 0) is 10.0 Å². The van der Waals surface area contributed by atoms with Crippen LogP contribution in [0.25, 0.3) is 0 Å². The fourth-order valence-corrected chi connectivity index (χ4v) is 4.05. The van der Waals surface area contributed by atoms with E-state index in [1.165, 1.54) is 25.7 Å². The monoisotopic (exact) mass is 288 g/mol. The van der Waals surface area contributed by atoms with E-state index in [1.54, 1.807) is 6.92 Å². The Morgan fingerprint density at radius 2 is 1.79 bits per heavy atom. The van der Waals surface area contributed by atoms with Crippen LogP contribution in [0, 0.1) is 5.92 Å². The van der Waals surface area contributed by atoms with Gasteiger partial charge in [-0.1, -0.05) is 26.2 Å². The van der Waals surface area contributed by atoms with E-state index in [4.69, 9.17) is 0 Å². The van der Waals surface area contributed by atoms with Gasteiger partial charge < -0.3 is 5.32 Å². The summed E-state index contributed by atoms with van der Waals surface area (Å²) in [5, 5.41) is 2.96. The second-order valence-electron chi connectivity index (χ2n) is 6.38. The van der Waals surface area contributed by atoms with Crippen molar-refractivity contribution >= 4 is 10.0 Å². The average Bonchev–Trinajstić information content (AvgIpc) is 3.17. The molecule has 0 amide bonds. The zero-order valence-electron chi connectivity index (χ0n) is 12.2. The highest BCUT2D eigenvalue weighted by Gasteiger charge is 2.29. The summed E-state index contributed by atoms with van der Waals surface area (Å²) >= 11 is 0. The van der Waals surface area contributed by atoms with Gasteiger partial charge in [0.2, 0.25) is 10.0 Å². The van der Waals surface area contributed by atoms with Crippen LogP contribution in [0.15, 0.2) is 0 Å². The third kappa shape index (κ3) is 4.72. The molecule has 0 aliphatic heterocycles. The maximum Gasteiger partial charge on any atom is 0.215 e. The van der Waals surface area contributed by atoms with Crippen molar-refractivity contribution in [3.05, 3.63) is 0 Å². The second-order valence-corrected chi connectivity index (χ2v) is 8.51. The molecule has 0 radical (unpaired) electrons. The van der Waals surface area contributed by atoms with Gasteiger partial charge in [0.15, 0.2) is 0 Å². The molecule has 0 saturated heterocycles. The van der Waals surface area contributed by atoms with E-state index in [-0.39, 0.29) is 11.3 Å². The van der Waals surface area contributed by atoms with Gasteiger partial charge in [0.05, 0.1) is 5.25 Å². The van der Waals surface area contributed by atoms with Crippen LogP contribution in [0.4, 0.5) is 0 Å². The predicted octanol–water partition coefficient (Wildman–Crippen LogP) is 2.02. The largest absolute Gasteiger partial charge is 0.313 e. The molecule has 3 unspecified atom stereocenters. The smallest absolute Gasteiger partial charge is 0.215 e. The molecular weight excluding hydrogens is 260 g/mol. The van der Waals surface area contributed by atoms with Gasteiger partial charge in [-0.15, -0.1) is 0 Å². The fourth-order valence-electron chi connectivity index (χ4n) is 2.73. The lowest BCUT2D eigenvalue weighted by atomic mass is 9.98. The lowest BCUT2D eigenvalue weighted by Crippen LogP contribution is -2.46. The number of sulfonamides is 1. The van der Waals surface area contributed by atoms with Gasteiger partial charge >= 0.3 is 0 Å². The Morgan fingerprint density at radius 1 is 1.11 bits per heavy atom. The summed E-state index contributed by atoms with van der Waals surface area (Å²) in [7, 11) is -3.19. The van der Waals surface area contributed by atoms with Crippen LogP contribution < -0.4 is 10.0 Å². The van der Waals surface area contributed by atoms with Crippen molar-refractivity contribution in [3.8, 4) is 0 Å². The van der Waals surface area contributed by atoms with Crippen LogP contribution in [-0.4, -0.2) is 32.3 Å². The Kier molecular flexibility index (Phi) is 5.26. The first kappa shape index (κ1) is 15.3. The van der Waals surface area contributed by atoms with Crippen molar-refractivity contribution in [2.75, 3.05) is 6.54 Å². The minimum absolute atomic E-state index is 0.135. The van der Waals surface area contributed by atoms with Gasteiger partial charge in [-0.2, -0.15) is 0 Å². The quantitative estimate of drug-likeness (QED) is 0.735. The molecule has 3 atom stereocenters. The Bertz CT molecular complexity index is 379. The molecule has 112 valence electrons. The van der Waals surface area contributed by atoms with Crippen molar-refractivity contribution < 1.29 is 8.42 Å². The first-order chi connectivity index (χ1) is 8.99. The Hall–Kier alpha value is -0.130. The van der Waals surface area contributed by atoms with Gasteiger partial charge in [0.25, 0.3) is 0 Å². The van der Waals surface area contributed by atoms with E-state index in [9.17, 15) is 8.42 Å². The lowest BCUT2D eigenvalue weighted by molar-refractivity contribution is 0.397. The highest BCUT2D eigenvalue weighted by molar-refractivity contribution is 7.90. The minimum atomic E-state index is -3.19. The molecule has 0 aromatic rings. The summed E-state index contributed by atoms with van der Waals surface area (Å²) in [6.07, 6.45) is 8.14. The van der Waals surface area contributed by atoms with E-state index >= 15 is 0 Å². The van der Waals surface area contributed by atoms with Crippen molar-refractivity contribution in [1.29, 1.82) is 0 Å². The number of hydrogen-bond donors (Lipinski definition) is 2. The summed E-state index contributed by atoms with van der Waals surface area (Å²) in [6.45, 7) is 4.55. The maximum absolute atomic E-state index is 12.3. The predicted molar refractivity (Wildman–Crippen MR) is 78.6 cm³/mol. The van der Waals surface area contributed by atoms with Crippen LogP contribution in [0.1, 0.15) is 58.8 Å². The number of hydrogen-bond acceptors (Lipinski definition) is 3.